The number of carbonyl (C=O) groups excluding carboxylic acids is 1. The highest BCUT2D eigenvalue weighted by molar-refractivity contribution is 6.35. The lowest BCUT2D eigenvalue weighted by Crippen LogP contribution is -2.52. The van der Waals surface area contributed by atoms with Crippen LogP contribution >= 0.6 is 23.2 Å². The zero-order chi connectivity index (χ0) is 13.1. The number of nitrogens with one attached hydrogen (secondary N) is 2. The summed E-state index contributed by atoms with van der Waals surface area (Å²) < 4.78 is 0. The Balaban J connectivity index is 2.02. The van der Waals surface area contributed by atoms with Crippen LogP contribution in [-0.4, -0.2) is 36.6 Å². The summed E-state index contributed by atoms with van der Waals surface area (Å²) in [6, 6.07) is 5.17. The Hall–Kier alpha value is -0.970. The standard InChI is InChI=1S/C12H15Cl2N3O/c1-8-7-17(3-2-15-8)12(18)16-11-5-9(13)4-10(14)6-11/h4-6,8,15H,2-3,7H2,1H3,(H,16,18). The van der Waals surface area contributed by atoms with Crippen LogP contribution in [0.4, 0.5) is 10.5 Å². The third-order valence-corrected chi connectivity index (χ3v) is 3.21. The van der Waals surface area contributed by atoms with Crippen molar-refractivity contribution < 1.29 is 4.79 Å². The molecule has 1 aromatic carbocycles. The predicted octanol–water partition coefficient (Wildman–Crippen LogP) is 2.82. The number of piperazine rings is 1. The van der Waals surface area contributed by atoms with Gasteiger partial charge < -0.3 is 15.5 Å². The van der Waals surface area contributed by atoms with Crippen LogP contribution in [0.5, 0.6) is 0 Å². The Morgan fingerprint density at radius 3 is 2.67 bits per heavy atom. The van der Waals surface area contributed by atoms with E-state index >= 15 is 0 Å². The van der Waals surface area contributed by atoms with Crippen molar-refractivity contribution in [3.8, 4) is 0 Å². The van der Waals surface area contributed by atoms with Crippen LogP contribution in [0, 0.1) is 0 Å². The zero-order valence-corrected chi connectivity index (χ0v) is 11.6. The summed E-state index contributed by atoms with van der Waals surface area (Å²) in [5.41, 5.74) is 0.615. The monoisotopic (exact) mass is 287 g/mol. The average Bonchev–Trinajstić information content (AvgIpc) is 2.27. The molecule has 6 heteroatoms. The first-order valence-electron chi connectivity index (χ1n) is 5.80. The molecule has 18 heavy (non-hydrogen) atoms. The van der Waals surface area contributed by atoms with Gasteiger partial charge in [0.15, 0.2) is 0 Å². The molecule has 98 valence electrons. The van der Waals surface area contributed by atoms with E-state index in [0.717, 1.165) is 6.54 Å². The van der Waals surface area contributed by atoms with Gasteiger partial charge in [-0.2, -0.15) is 0 Å². The topological polar surface area (TPSA) is 44.4 Å². The SMILES string of the molecule is CC1CN(C(=O)Nc2cc(Cl)cc(Cl)c2)CCN1. The van der Waals surface area contributed by atoms with Crippen molar-refractivity contribution in [2.75, 3.05) is 25.0 Å². The number of halogens is 2. The number of carbonyl (C=O) groups is 1. The fourth-order valence-corrected chi connectivity index (χ4v) is 2.47. The molecular weight excluding hydrogens is 273 g/mol. The number of hydrogen-bond donors (Lipinski definition) is 2. The maximum atomic E-state index is 12.0. The molecule has 1 unspecified atom stereocenters. The first-order valence-corrected chi connectivity index (χ1v) is 6.55. The Labute approximate surface area is 116 Å². The number of hydrogen-bond acceptors (Lipinski definition) is 2. The molecule has 0 spiro atoms. The van der Waals surface area contributed by atoms with E-state index in [4.69, 9.17) is 23.2 Å². The van der Waals surface area contributed by atoms with Crippen LogP contribution in [0.25, 0.3) is 0 Å². The number of anilines is 1. The third kappa shape index (κ3) is 3.51. The highest BCUT2D eigenvalue weighted by atomic mass is 35.5. The van der Waals surface area contributed by atoms with Gasteiger partial charge in [-0.05, 0) is 25.1 Å². The van der Waals surface area contributed by atoms with Gasteiger partial charge in [0.25, 0.3) is 0 Å². The lowest BCUT2D eigenvalue weighted by molar-refractivity contribution is 0.192. The average molecular weight is 288 g/mol. The van der Waals surface area contributed by atoms with Crippen LogP contribution in [0.3, 0.4) is 0 Å². The normalized spacial score (nSPS) is 19.7. The Morgan fingerprint density at radius 2 is 2.06 bits per heavy atom. The number of urea groups is 1. The first-order chi connectivity index (χ1) is 8.54. The third-order valence-electron chi connectivity index (χ3n) is 2.77. The first kappa shape index (κ1) is 13.5. The molecule has 2 N–H and O–H groups in total. The smallest absolute Gasteiger partial charge is 0.321 e. The van der Waals surface area contributed by atoms with E-state index in [2.05, 4.69) is 17.6 Å². The molecule has 0 saturated carbocycles. The number of amides is 2. The van der Waals surface area contributed by atoms with Gasteiger partial charge in [-0.15, -0.1) is 0 Å². The van der Waals surface area contributed by atoms with Crippen LogP contribution in [0.2, 0.25) is 10.0 Å². The summed E-state index contributed by atoms with van der Waals surface area (Å²) in [5, 5.41) is 7.10. The van der Waals surface area contributed by atoms with Crippen LogP contribution in [-0.2, 0) is 0 Å². The summed E-state index contributed by atoms with van der Waals surface area (Å²) in [6.07, 6.45) is 0. The molecule has 1 saturated heterocycles. The second kappa shape index (κ2) is 5.78. The van der Waals surface area contributed by atoms with Gasteiger partial charge in [0.2, 0.25) is 0 Å². The second-order valence-corrected chi connectivity index (χ2v) is 5.26. The lowest BCUT2D eigenvalue weighted by Gasteiger charge is -2.31. The van der Waals surface area contributed by atoms with Gasteiger partial charge >= 0.3 is 6.03 Å². The summed E-state index contributed by atoms with van der Waals surface area (Å²) in [6.45, 7) is 4.26. The van der Waals surface area contributed by atoms with E-state index in [9.17, 15) is 4.79 Å². The minimum atomic E-state index is -0.123. The van der Waals surface area contributed by atoms with E-state index in [-0.39, 0.29) is 6.03 Å². The molecule has 1 fully saturated rings. The quantitative estimate of drug-likeness (QED) is 0.834. The maximum Gasteiger partial charge on any atom is 0.321 e. The fraction of sp³-hybridized carbons (Fsp3) is 0.417. The molecule has 1 aromatic rings. The van der Waals surface area contributed by atoms with Crippen LogP contribution in [0.1, 0.15) is 6.92 Å². The van der Waals surface area contributed by atoms with Gasteiger partial charge in [-0.3, -0.25) is 0 Å². The molecule has 0 bridgehead atoms. The van der Waals surface area contributed by atoms with Crippen molar-refractivity contribution in [2.45, 2.75) is 13.0 Å². The number of rotatable bonds is 1. The molecule has 2 amide bonds. The van der Waals surface area contributed by atoms with Crippen molar-refractivity contribution in [3.63, 3.8) is 0 Å². The highest BCUT2D eigenvalue weighted by Gasteiger charge is 2.20. The van der Waals surface area contributed by atoms with Crippen LogP contribution in [0.15, 0.2) is 18.2 Å². The summed E-state index contributed by atoms with van der Waals surface area (Å²) in [5.74, 6) is 0. The Bertz CT molecular complexity index is 433. The van der Waals surface area contributed by atoms with E-state index in [1.807, 2.05) is 0 Å². The minimum absolute atomic E-state index is 0.123. The lowest BCUT2D eigenvalue weighted by atomic mass is 10.2. The largest absolute Gasteiger partial charge is 0.322 e. The van der Waals surface area contributed by atoms with Gasteiger partial charge in [-0.1, -0.05) is 23.2 Å². The van der Waals surface area contributed by atoms with Crippen molar-refractivity contribution >= 4 is 34.9 Å². The molecule has 0 aliphatic carbocycles. The zero-order valence-electron chi connectivity index (χ0n) is 10.0. The van der Waals surface area contributed by atoms with Gasteiger partial charge in [-0.25, -0.2) is 4.79 Å². The molecule has 4 nitrogen and oxygen atoms in total. The molecule has 1 heterocycles. The molecule has 0 radical (unpaired) electrons. The van der Waals surface area contributed by atoms with Crippen molar-refractivity contribution in [3.05, 3.63) is 28.2 Å². The molecule has 0 aromatic heterocycles. The molecular formula is C12H15Cl2N3O. The van der Waals surface area contributed by atoms with E-state index in [0.29, 0.717) is 34.9 Å². The molecule has 1 aliphatic rings. The van der Waals surface area contributed by atoms with E-state index < -0.39 is 0 Å². The second-order valence-electron chi connectivity index (χ2n) is 4.39. The number of benzene rings is 1. The molecule has 2 rings (SSSR count). The Morgan fingerprint density at radius 1 is 1.39 bits per heavy atom. The molecule has 1 atom stereocenters. The molecule has 1 aliphatic heterocycles. The fourth-order valence-electron chi connectivity index (χ4n) is 1.95. The minimum Gasteiger partial charge on any atom is -0.322 e. The van der Waals surface area contributed by atoms with Gasteiger partial charge in [0.05, 0.1) is 0 Å². The van der Waals surface area contributed by atoms with Gasteiger partial charge in [0.1, 0.15) is 0 Å². The number of nitrogens with zero attached hydrogens (tertiary/aromatic N) is 1. The van der Waals surface area contributed by atoms with E-state index in [1.165, 1.54) is 0 Å². The predicted molar refractivity (Wildman–Crippen MR) is 74.5 cm³/mol. The van der Waals surface area contributed by atoms with Crippen LogP contribution < -0.4 is 10.6 Å². The maximum absolute atomic E-state index is 12.0. The van der Waals surface area contributed by atoms with Crippen molar-refractivity contribution in [2.24, 2.45) is 0 Å². The van der Waals surface area contributed by atoms with Crippen molar-refractivity contribution in [1.82, 2.24) is 10.2 Å². The highest BCUT2D eigenvalue weighted by Crippen LogP contribution is 2.22. The Kier molecular flexibility index (Phi) is 4.32. The van der Waals surface area contributed by atoms with E-state index in [1.54, 1.807) is 23.1 Å². The summed E-state index contributed by atoms with van der Waals surface area (Å²) in [4.78, 5) is 13.8. The van der Waals surface area contributed by atoms with Crippen molar-refractivity contribution in [1.29, 1.82) is 0 Å². The van der Waals surface area contributed by atoms with Gasteiger partial charge in [0, 0.05) is 41.4 Å². The summed E-state index contributed by atoms with van der Waals surface area (Å²) in [7, 11) is 0. The summed E-state index contributed by atoms with van der Waals surface area (Å²) >= 11 is 11.8.